The quantitative estimate of drug-likeness (QED) is 0.485. The molecule has 6 nitrogen and oxygen atoms in total. The number of phenolic OH excluding ortho intramolecular Hbond substituents is 1. The van der Waals surface area contributed by atoms with E-state index in [0.717, 1.165) is 24.0 Å². The summed E-state index contributed by atoms with van der Waals surface area (Å²) in [5.41, 5.74) is 1.79. The zero-order valence-electron chi connectivity index (χ0n) is 16.3. The van der Waals surface area contributed by atoms with Crippen LogP contribution in [0.2, 0.25) is 0 Å². The summed E-state index contributed by atoms with van der Waals surface area (Å²) >= 11 is 0. The van der Waals surface area contributed by atoms with Gasteiger partial charge in [-0.15, -0.1) is 0 Å². The predicted octanol–water partition coefficient (Wildman–Crippen LogP) is 4.26. The summed E-state index contributed by atoms with van der Waals surface area (Å²) in [7, 11) is 0. The lowest BCUT2D eigenvalue weighted by Gasteiger charge is -2.37. The summed E-state index contributed by atoms with van der Waals surface area (Å²) in [6.45, 7) is 0.517. The Hall–Kier alpha value is -2.70. The molecule has 0 saturated carbocycles. The molecule has 0 amide bonds. The molecule has 1 aliphatic rings. The molecule has 2 N–H and O–H groups in total. The van der Waals surface area contributed by atoms with Gasteiger partial charge in [0.2, 0.25) is 0 Å². The SMILES string of the molecule is O=C(O)CCC/C=C\CC1COC(Cc2cccnc2)OC1c1ccccc1O. The lowest BCUT2D eigenvalue weighted by molar-refractivity contribution is -0.238. The number of unbranched alkanes of at least 4 members (excludes halogenated alkanes) is 1. The number of carbonyl (C=O) groups is 1. The largest absolute Gasteiger partial charge is 0.508 e. The number of aromatic nitrogens is 1. The van der Waals surface area contributed by atoms with Crippen LogP contribution < -0.4 is 0 Å². The molecule has 0 aliphatic carbocycles. The van der Waals surface area contributed by atoms with Gasteiger partial charge in [-0.25, -0.2) is 0 Å². The van der Waals surface area contributed by atoms with Gasteiger partial charge in [0.1, 0.15) is 5.75 Å². The van der Waals surface area contributed by atoms with Crippen LogP contribution in [0.5, 0.6) is 5.75 Å². The van der Waals surface area contributed by atoms with Crippen LogP contribution in [-0.4, -0.2) is 34.1 Å². The third-order valence-electron chi connectivity index (χ3n) is 4.96. The van der Waals surface area contributed by atoms with Gasteiger partial charge in [-0.2, -0.15) is 0 Å². The first-order chi connectivity index (χ1) is 14.1. The minimum atomic E-state index is -0.772. The molecule has 1 aliphatic heterocycles. The summed E-state index contributed by atoms with van der Waals surface area (Å²) in [6, 6.07) is 11.1. The number of aliphatic carboxylic acids is 1. The number of phenols is 1. The Balaban J connectivity index is 1.65. The van der Waals surface area contributed by atoms with Crippen molar-refractivity contribution in [2.24, 2.45) is 5.92 Å². The second-order valence-corrected chi connectivity index (χ2v) is 7.20. The smallest absolute Gasteiger partial charge is 0.303 e. The number of aromatic hydroxyl groups is 1. The third kappa shape index (κ3) is 6.41. The highest BCUT2D eigenvalue weighted by atomic mass is 16.7. The van der Waals surface area contributed by atoms with Crippen LogP contribution >= 0.6 is 0 Å². The van der Waals surface area contributed by atoms with Gasteiger partial charge >= 0.3 is 5.97 Å². The lowest BCUT2D eigenvalue weighted by atomic mass is 9.91. The number of pyridine rings is 1. The third-order valence-corrected chi connectivity index (χ3v) is 4.96. The van der Waals surface area contributed by atoms with E-state index in [9.17, 15) is 9.90 Å². The maximum atomic E-state index is 10.6. The number of ether oxygens (including phenoxy) is 2. The van der Waals surface area contributed by atoms with E-state index >= 15 is 0 Å². The van der Waals surface area contributed by atoms with Gasteiger partial charge in [0.05, 0.1) is 12.7 Å². The van der Waals surface area contributed by atoms with E-state index in [-0.39, 0.29) is 24.2 Å². The van der Waals surface area contributed by atoms with Crippen molar-refractivity contribution < 1.29 is 24.5 Å². The molecule has 6 heteroatoms. The molecule has 29 heavy (non-hydrogen) atoms. The molecular weight excluding hydrogens is 370 g/mol. The number of hydrogen-bond donors (Lipinski definition) is 2. The average molecular weight is 397 g/mol. The Labute approximate surface area is 170 Å². The second kappa shape index (κ2) is 10.7. The molecule has 1 aromatic heterocycles. The van der Waals surface area contributed by atoms with Crippen LogP contribution in [0.15, 0.2) is 60.9 Å². The molecule has 0 bridgehead atoms. The standard InChI is InChI=1S/C23H27NO5/c25-20-11-6-5-10-19(20)23-18(9-3-1-2-4-12-21(26)27)16-28-22(29-23)14-17-8-7-13-24-15-17/h1,3,5-8,10-11,13,15,18,22-23,25H,2,4,9,12,14,16H2,(H,26,27)/b3-1-. The molecule has 2 aromatic rings. The summed E-state index contributed by atoms with van der Waals surface area (Å²) < 4.78 is 12.2. The first-order valence-electron chi connectivity index (χ1n) is 9.94. The zero-order chi connectivity index (χ0) is 20.5. The van der Waals surface area contributed by atoms with Gasteiger partial charge in [0.25, 0.3) is 0 Å². The van der Waals surface area contributed by atoms with Crippen molar-refractivity contribution in [1.29, 1.82) is 0 Å². The number of hydrogen-bond acceptors (Lipinski definition) is 5. The molecule has 3 atom stereocenters. The molecule has 2 heterocycles. The van der Waals surface area contributed by atoms with E-state index in [1.54, 1.807) is 24.5 Å². The van der Waals surface area contributed by atoms with E-state index in [1.807, 2.05) is 36.4 Å². The maximum Gasteiger partial charge on any atom is 0.303 e. The van der Waals surface area contributed by atoms with Crippen molar-refractivity contribution in [1.82, 2.24) is 4.98 Å². The Kier molecular flexibility index (Phi) is 7.78. The number of allylic oxidation sites excluding steroid dienone is 2. The predicted molar refractivity (Wildman–Crippen MR) is 108 cm³/mol. The van der Waals surface area contributed by atoms with E-state index in [0.29, 0.717) is 19.4 Å². The van der Waals surface area contributed by atoms with Gasteiger partial charge in [-0.05, 0) is 37.0 Å². The van der Waals surface area contributed by atoms with Crippen LogP contribution in [-0.2, 0) is 20.7 Å². The summed E-state index contributed by atoms with van der Waals surface area (Å²) in [4.78, 5) is 14.7. The Morgan fingerprint density at radius 3 is 2.83 bits per heavy atom. The van der Waals surface area contributed by atoms with Gasteiger partial charge < -0.3 is 19.7 Å². The molecule has 3 unspecified atom stereocenters. The first-order valence-corrected chi connectivity index (χ1v) is 9.94. The summed E-state index contributed by atoms with van der Waals surface area (Å²) in [6.07, 6.45) is 9.75. The van der Waals surface area contributed by atoms with Crippen LogP contribution in [0.1, 0.15) is 42.9 Å². The van der Waals surface area contributed by atoms with Crippen LogP contribution in [0.3, 0.4) is 0 Å². The molecule has 1 saturated heterocycles. The van der Waals surface area contributed by atoms with Crippen LogP contribution in [0, 0.1) is 5.92 Å². The van der Waals surface area contributed by atoms with Crippen molar-refractivity contribution in [3.63, 3.8) is 0 Å². The molecule has 0 spiro atoms. The Morgan fingerprint density at radius 2 is 2.07 bits per heavy atom. The van der Waals surface area contributed by atoms with Gasteiger partial charge in [-0.3, -0.25) is 9.78 Å². The molecule has 1 fully saturated rings. The number of carboxylic acids is 1. The van der Waals surface area contributed by atoms with Crippen LogP contribution in [0.25, 0.3) is 0 Å². The van der Waals surface area contributed by atoms with E-state index in [4.69, 9.17) is 14.6 Å². The normalized spacial score (nSPS) is 22.0. The highest BCUT2D eigenvalue weighted by molar-refractivity contribution is 5.66. The van der Waals surface area contributed by atoms with Gasteiger partial charge in [-0.1, -0.05) is 36.4 Å². The lowest BCUT2D eigenvalue weighted by Crippen LogP contribution is -2.36. The van der Waals surface area contributed by atoms with Crippen molar-refractivity contribution in [3.05, 3.63) is 72.1 Å². The van der Waals surface area contributed by atoms with Gasteiger partial charge in [0.15, 0.2) is 6.29 Å². The summed E-state index contributed by atoms with van der Waals surface area (Å²) in [5.74, 6) is -0.495. The minimum Gasteiger partial charge on any atom is -0.508 e. The monoisotopic (exact) mass is 397 g/mol. The van der Waals surface area contributed by atoms with Crippen molar-refractivity contribution in [3.8, 4) is 5.75 Å². The molecule has 154 valence electrons. The highest BCUT2D eigenvalue weighted by Gasteiger charge is 2.33. The topological polar surface area (TPSA) is 88.9 Å². The van der Waals surface area contributed by atoms with Gasteiger partial charge in [0, 0.05) is 36.7 Å². The number of benzene rings is 1. The average Bonchev–Trinajstić information content (AvgIpc) is 2.72. The van der Waals surface area contributed by atoms with Crippen molar-refractivity contribution >= 4 is 5.97 Å². The van der Waals surface area contributed by atoms with E-state index < -0.39 is 12.3 Å². The number of rotatable bonds is 9. The molecule has 3 rings (SSSR count). The minimum absolute atomic E-state index is 0.0594. The van der Waals surface area contributed by atoms with E-state index in [2.05, 4.69) is 4.98 Å². The fraction of sp³-hybridized carbons (Fsp3) is 0.391. The molecular formula is C23H27NO5. The Morgan fingerprint density at radius 1 is 1.21 bits per heavy atom. The van der Waals surface area contributed by atoms with E-state index in [1.165, 1.54) is 0 Å². The first kappa shape index (κ1) is 21.0. The van der Waals surface area contributed by atoms with Crippen molar-refractivity contribution in [2.45, 2.75) is 44.5 Å². The maximum absolute atomic E-state index is 10.6. The fourth-order valence-electron chi connectivity index (χ4n) is 3.46. The number of carboxylic acid groups (broad SMARTS) is 1. The summed E-state index contributed by atoms with van der Waals surface area (Å²) in [5, 5.41) is 19.1. The fourth-order valence-corrected chi connectivity index (χ4v) is 3.46. The highest BCUT2D eigenvalue weighted by Crippen LogP contribution is 2.39. The molecule has 0 radical (unpaired) electrons. The molecule has 1 aromatic carbocycles. The van der Waals surface area contributed by atoms with Crippen molar-refractivity contribution in [2.75, 3.05) is 6.61 Å². The Bertz CT molecular complexity index is 808. The zero-order valence-corrected chi connectivity index (χ0v) is 16.3. The second-order valence-electron chi connectivity index (χ2n) is 7.20. The number of nitrogens with zero attached hydrogens (tertiary/aromatic N) is 1. The number of para-hydroxylation sites is 1. The van der Waals surface area contributed by atoms with Crippen LogP contribution in [0.4, 0.5) is 0 Å².